The highest BCUT2D eigenvalue weighted by molar-refractivity contribution is 7.91. The Morgan fingerprint density at radius 3 is 2.50 bits per heavy atom. The number of alkyl halides is 3. The second-order valence-electron chi connectivity index (χ2n) is 11.8. The predicted octanol–water partition coefficient (Wildman–Crippen LogP) is 4.94. The number of hydrogen-bond acceptors (Lipinski definition) is 5. The molecule has 2 aromatic rings. The molecule has 10 heteroatoms. The van der Waals surface area contributed by atoms with Crippen molar-refractivity contribution in [2.75, 3.05) is 24.6 Å². The van der Waals surface area contributed by atoms with Crippen molar-refractivity contribution in [2.45, 2.75) is 70.1 Å². The van der Waals surface area contributed by atoms with E-state index in [9.17, 15) is 21.6 Å². The van der Waals surface area contributed by atoms with Gasteiger partial charge in [0.1, 0.15) is 11.4 Å². The highest BCUT2D eigenvalue weighted by atomic mass is 32.2. The third kappa shape index (κ3) is 4.27. The van der Waals surface area contributed by atoms with E-state index in [1.54, 1.807) is 6.07 Å². The summed E-state index contributed by atoms with van der Waals surface area (Å²) in [5.74, 6) is 2.16. The van der Waals surface area contributed by atoms with Gasteiger partial charge in [0.05, 0.1) is 17.2 Å². The number of aromatic nitrogens is 3. The highest BCUT2D eigenvalue weighted by Gasteiger charge is 2.59. The number of nitrogens with zero attached hydrogens (tertiary/aromatic N) is 4. The van der Waals surface area contributed by atoms with E-state index in [-0.39, 0.29) is 17.2 Å². The van der Waals surface area contributed by atoms with Gasteiger partial charge in [0, 0.05) is 30.2 Å². The van der Waals surface area contributed by atoms with Gasteiger partial charge in [-0.05, 0) is 87.9 Å². The quantitative estimate of drug-likeness (QED) is 0.569. The number of piperidine rings is 1. The zero-order chi connectivity index (χ0) is 25.5. The minimum Gasteiger partial charge on any atom is -0.300 e. The standard InChI is InChI=1S/C26H33F3N4O2S/c1-16(2)33-22(13-21(31-33)20-5-3-6-23(30-20)26(27,28)29)24-18-11-17(12-19(18)24)32-9-4-7-25(14-32)8-10-36(34,35)15-25/h3,5-6,13,16-19,24H,4,7-12,14-15H2,1-2H3/t17?,18-,19+,24?,25-/m1/s1. The smallest absolute Gasteiger partial charge is 0.300 e. The van der Waals surface area contributed by atoms with Gasteiger partial charge in [0.2, 0.25) is 0 Å². The lowest BCUT2D eigenvalue weighted by Crippen LogP contribution is -2.48. The van der Waals surface area contributed by atoms with Crippen molar-refractivity contribution in [3.05, 3.63) is 35.7 Å². The van der Waals surface area contributed by atoms with Gasteiger partial charge in [-0.25, -0.2) is 13.4 Å². The van der Waals surface area contributed by atoms with E-state index in [1.807, 2.05) is 24.6 Å². The van der Waals surface area contributed by atoms with Gasteiger partial charge in [-0.3, -0.25) is 9.58 Å². The first-order chi connectivity index (χ1) is 16.9. The molecule has 0 N–H and O–H groups in total. The molecule has 0 aromatic carbocycles. The summed E-state index contributed by atoms with van der Waals surface area (Å²) in [5, 5.41) is 4.68. The Morgan fingerprint density at radius 2 is 1.86 bits per heavy atom. The molecule has 4 heterocycles. The molecule has 5 atom stereocenters. The number of hydrogen-bond donors (Lipinski definition) is 0. The molecule has 0 radical (unpaired) electrons. The lowest BCUT2D eigenvalue weighted by molar-refractivity contribution is -0.141. The normalized spacial score (nSPS) is 33.9. The van der Waals surface area contributed by atoms with Crippen molar-refractivity contribution in [1.29, 1.82) is 0 Å². The Bertz CT molecular complexity index is 1260. The molecule has 6 rings (SSSR count). The van der Waals surface area contributed by atoms with E-state index < -0.39 is 21.7 Å². The summed E-state index contributed by atoms with van der Waals surface area (Å²) in [4.78, 5) is 6.41. The fraction of sp³-hybridized carbons (Fsp3) is 0.692. The molecule has 2 saturated carbocycles. The summed E-state index contributed by atoms with van der Waals surface area (Å²) in [6, 6.07) is 6.50. The summed E-state index contributed by atoms with van der Waals surface area (Å²) < 4.78 is 65.9. The highest BCUT2D eigenvalue weighted by Crippen LogP contribution is 2.64. The molecule has 2 aliphatic carbocycles. The van der Waals surface area contributed by atoms with Crippen LogP contribution in [0.3, 0.4) is 0 Å². The third-order valence-corrected chi connectivity index (χ3v) is 10.9. The Morgan fingerprint density at radius 1 is 1.11 bits per heavy atom. The van der Waals surface area contributed by atoms with Crippen molar-refractivity contribution in [1.82, 2.24) is 19.7 Å². The second kappa shape index (κ2) is 8.28. The molecular formula is C26H33F3N4O2S. The summed E-state index contributed by atoms with van der Waals surface area (Å²) in [6.45, 7) is 6.04. The van der Waals surface area contributed by atoms with Gasteiger partial charge in [-0.15, -0.1) is 0 Å². The Balaban J connectivity index is 1.18. The Labute approximate surface area is 210 Å². The molecule has 1 spiro atoms. The van der Waals surface area contributed by atoms with Crippen LogP contribution in [0.25, 0.3) is 11.4 Å². The van der Waals surface area contributed by atoms with Crippen LogP contribution in [-0.4, -0.2) is 58.7 Å². The van der Waals surface area contributed by atoms with E-state index in [2.05, 4.69) is 15.0 Å². The number of rotatable bonds is 4. The molecule has 4 aliphatic rings. The molecular weight excluding hydrogens is 489 g/mol. The van der Waals surface area contributed by atoms with Crippen molar-refractivity contribution < 1.29 is 21.6 Å². The maximum Gasteiger partial charge on any atom is 0.433 e. The van der Waals surface area contributed by atoms with Crippen LogP contribution in [0, 0.1) is 17.3 Å². The fourth-order valence-corrected chi connectivity index (χ4v) is 9.54. The first kappa shape index (κ1) is 24.4. The SMILES string of the molecule is CC(C)n1nc(-c2cccc(C(F)(F)F)n2)cc1C1[C@H]2CC(N3CCC[C@@]4(CCS(=O)(=O)C4)C3)C[C@@H]12. The number of fused-ring (bicyclic) bond motifs is 1. The number of likely N-dealkylation sites (tertiary alicyclic amines) is 1. The monoisotopic (exact) mass is 522 g/mol. The van der Waals surface area contributed by atoms with E-state index >= 15 is 0 Å². The van der Waals surface area contributed by atoms with Crippen LogP contribution in [0.15, 0.2) is 24.3 Å². The molecule has 2 aliphatic heterocycles. The first-order valence-electron chi connectivity index (χ1n) is 13.0. The van der Waals surface area contributed by atoms with Crippen LogP contribution in [0.1, 0.15) is 69.3 Å². The van der Waals surface area contributed by atoms with Crippen LogP contribution < -0.4 is 0 Å². The number of halogens is 3. The maximum atomic E-state index is 13.2. The zero-order valence-corrected chi connectivity index (χ0v) is 21.5. The molecule has 4 fully saturated rings. The Kier molecular flexibility index (Phi) is 5.61. The molecule has 6 nitrogen and oxygen atoms in total. The molecule has 0 amide bonds. The van der Waals surface area contributed by atoms with E-state index in [0.29, 0.717) is 41.0 Å². The van der Waals surface area contributed by atoms with Gasteiger partial charge in [0.15, 0.2) is 9.84 Å². The largest absolute Gasteiger partial charge is 0.433 e. The van der Waals surface area contributed by atoms with Crippen LogP contribution in [0.5, 0.6) is 0 Å². The molecule has 196 valence electrons. The molecule has 2 saturated heterocycles. The fourth-order valence-electron chi connectivity index (χ4n) is 7.34. The lowest BCUT2D eigenvalue weighted by Gasteiger charge is -2.43. The lowest BCUT2D eigenvalue weighted by atomic mass is 9.79. The van der Waals surface area contributed by atoms with Crippen LogP contribution in [0.4, 0.5) is 13.2 Å². The molecule has 0 bridgehead atoms. The van der Waals surface area contributed by atoms with Crippen LogP contribution in [-0.2, 0) is 16.0 Å². The minimum atomic E-state index is -4.49. The van der Waals surface area contributed by atoms with Crippen molar-refractivity contribution in [3.8, 4) is 11.4 Å². The van der Waals surface area contributed by atoms with Crippen molar-refractivity contribution in [2.24, 2.45) is 17.3 Å². The molecule has 36 heavy (non-hydrogen) atoms. The number of sulfone groups is 1. The average Bonchev–Trinajstić information content (AvgIpc) is 3.18. The third-order valence-electron chi connectivity index (χ3n) is 8.99. The van der Waals surface area contributed by atoms with Crippen LogP contribution in [0.2, 0.25) is 0 Å². The maximum absolute atomic E-state index is 13.2. The summed E-state index contributed by atoms with van der Waals surface area (Å²) in [5.41, 5.74) is 0.892. The van der Waals surface area contributed by atoms with Gasteiger partial charge >= 0.3 is 6.18 Å². The molecule has 2 aromatic heterocycles. The number of pyridine rings is 1. The van der Waals surface area contributed by atoms with E-state index in [1.165, 1.54) is 6.07 Å². The summed E-state index contributed by atoms with van der Waals surface area (Å²) >= 11 is 0. The predicted molar refractivity (Wildman–Crippen MR) is 130 cm³/mol. The van der Waals surface area contributed by atoms with Crippen LogP contribution >= 0.6 is 0 Å². The summed E-state index contributed by atoms with van der Waals surface area (Å²) in [7, 11) is -2.90. The van der Waals surface area contributed by atoms with Gasteiger partial charge in [0.25, 0.3) is 0 Å². The zero-order valence-electron chi connectivity index (χ0n) is 20.7. The first-order valence-corrected chi connectivity index (χ1v) is 14.9. The second-order valence-corrected chi connectivity index (χ2v) is 14.0. The Hall–Kier alpha value is -1.94. The summed E-state index contributed by atoms with van der Waals surface area (Å²) in [6.07, 6.45) is 0.589. The van der Waals surface area contributed by atoms with Gasteiger partial charge in [-0.2, -0.15) is 18.3 Å². The topological polar surface area (TPSA) is 68.1 Å². The molecule has 2 unspecified atom stereocenters. The van der Waals surface area contributed by atoms with Gasteiger partial charge < -0.3 is 0 Å². The average molecular weight is 523 g/mol. The van der Waals surface area contributed by atoms with E-state index in [0.717, 1.165) is 57.0 Å². The van der Waals surface area contributed by atoms with Crippen molar-refractivity contribution >= 4 is 9.84 Å². The van der Waals surface area contributed by atoms with E-state index in [4.69, 9.17) is 0 Å². The minimum absolute atomic E-state index is 0.0492. The van der Waals surface area contributed by atoms with Crippen molar-refractivity contribution in [3.63, 3.8) is 0 Å². The van der Waals surface area contributed by atoms with Gasteiger partial charge in [-0.1, -0.05) is 6.07 Å².